The van der Waals surface area contributed by atoms with E-state index in [4.69, 9.17) is 0 Å². The topological polar surface area (TPSA) is 50.2 Å². The predicted octanol–water partition coefficient (Wildman–Crippen LogP) is 3.20. The average Bonchev–Trinajstić information content (AvgIpc) is 2.87. The number of aliphatic carboxylic acids is 1. The van der Waals surface area contributed by atoms with Gasteiger partial charge in [0.2, 0.25) is 0 Å². The molecule has 1 N–H and O–H groups in total. The lowest BCUT2D eigenvalue weighted by Gasteiger charge is -2.16. The molecule has 1 fully saturated rings. The molecule has 1 aromatic heterocycles. The monoisotopic (exact) mass is 241 g/mol. The van der Waals surface area contributed by atoms with Crippen molar-refractivity contribution in [1.82, 2.24) is 4.98 Å². The van der Waals surface area contributed by atoms with Crippen LogP contribution in [-0.4, -0.2) is 16.1 Å². The standard InChI is InChI=1S/C15H15NO2/c17-15(18)13-5-1-4-12(13)11-7-6-10-3-2-8-16-14(10)9-11/h2-3,6-9,12-13H,1,4-5H2,(H,17,18)/t12-,13+/m0/s1. The highest BCUT2D eigenvalue weighted by molar-refractivity contribution is 5.79. The Morgan fingerprint density at radius 3 is 3.00 bits per heavy atom. The first-order valence-corrected chi connectivity index (χ1v) is 6.33. The number of carboxylic acids is 1. The smallest absolute Gasteiger partial charge is 0.307 e. The Balaban J connectivity index is 2.01. The molecule has 2 atom stereocenters. The highest BCUT2D eigenvalue weighted by Crippen LogP contribution is 2.40. The van der Waals surface area contributed by atoms with Crippen LogP contribution in [-0.2, 0) is 4.79 Å². The zero-order valence-electron chi connectivity index (χ0n) is 10.0. The number of hydrogen-bond donors (Lipinski definition) is 1. The van der Waals surface area contributed by atoms with Crippen molar-refractivity contribution < 1.29 is 9.90 Å². The largest absolute Gasteiger partial charge is 0.481 e. The van der Waals surface area contributed by atoms with Crippen molar-refractivity contribution in [3.05, 3.63) is 42.1 Å². The molecule has 1 saturated carbocycles. The molecule has 1 aromatic carbocycles. The quantitative estimate of drug-likeness (QED) is 0.878. The number of benzene rings is 1. The van der Waals surface area contributed by atoms with E-state index in [1.54, 1.807) is 6.20 Å². The molecule has 0 unspecified atom stereocenters. The van der Waals surface area contributed by atoms with Crippen LogP contribution in [0.25, 0.3) is 10.9 Å². The van der Waals surface area contributed by atoms with Crippen molar-refractivity contribution in [1.29, 1.82) is 0 Å². The molecule has 0 radical (unpaired) electrons. The molecule has 1 heterocycles. The van der Waals surface area contributed by atoms with E-state index in [1.807, 2.05) is 24.3 Å². The first-order valence-electron chi connectivity index (χ1n) is 6.33. The van der Waals surface area contributed by atoms with Crippen LogP contribution in [0.15, 0.2) is 36.5 Å². The maximum atomic E-state index is 11.2. The Morgan fingerprint density at radius 2 is 2.17 bits per heavy atom. The fraction of sp³-hybridized carbons (Fsp3) is 0.333. The summed E-state index contributed by atoms with van der Waals surface area (Å²) >= 11 is 0. The summed E-state index contributed by atoms with van der Waals surface area (Å²) in [6.45, 7) is 0. The molecule has 18 heavy (non-hydrogen) atoms. The molecule has 3 heteroatoms. The second-order valence-electron chi connectivity index (χ2n) is 4.94. The lowest BCUT2D eigenvalue weighted by molar-refractivity contribution is -0.142. The number of aromatic nitrogens is 1. The van der Waals surface area contributed by atoms with Gasteiger partial charge in [0.15, 0.2) is 0 Å². The number of carboxylic acid groups (broad SMARTS) is 1. The molecule has 0 amide bonds. The zero-order valence-corrected chi connectivity index (χ0v) is 10.0. The third-order valence-corrected chi connectivity index (χ3v) is 3.89. The van der Waals surface area contributed by atoms with Gasteiger partial charge in [0.25, 0.3) is 0 Å². The molecule has 2 aromatic rings. The van der Waals surface area contributed by atoms with E-state index < -0.39 is 5.97 Å². The van der Waals surface area contributed by atoms with E-state index in [9.17, 15) is 9.90 Å². The number of hydrogen-bond acceptors (Lipinski definition) is 2. The van der Waals surface area contributed by atoms with Crippen molar-refractivity contribution in [3.8, 4) is 0 Å². The minimum atomic E-state index is -0.668. The summed E-state index contributed by atoms with van der Waals surface area (Å²) in [5.41, 5.74) is 2.07. The lowest BCUT2D eigenvalue weighted by Crippen LogP contribution is -2.16. The van der Waals surface area contributed by atoms with E-state index in [-0.39, 0.29) is 11.8 Å². The fourth-order valence-electron chi connectivity index (χ4n) is 2.97. The number of fused-ring (bicyclic) bond motifs is 1. The van der Waals surface area contributed by atoms with Crippen molar-refractivity contribution >= 4 is 16.9 Å². The third kappa shape index (κ3) is 1.86. The summed E-state index contributed by atoms with van der Waals surface area (Å²) in [6.07, 6.45) is 4.53. The van der Waals surface area contributed by atoms with Gasteiger partial charge in [-0.2, -0.15) is 0 Å². The van der Waals surface area contributed by atoms with Gasteiger partial charge in [-0.05, 0) is 36.5 Å². The molecular formula is C15H15NO2. The highest BCUT2D eigenvalue weighted by Gasteiger charge is 2.33. The van der Waals surface area contributed by atoms with Crippen molar-refractivity contribution in [2.75, 3.05) is 0 Å². The molecule has 1 aliphatic rings. The Bertz CT molecular complexity index is 594. The molecular weight excluding hydrogens is 226 g/mol. The normalized spacial score (nSPS) is 23.3. The number of rotatable bonds is 2. The first-order chi connectivity index (χ1) is 8.75. The van der Waals surface area contributed by atoms with Crippen molar-refractivity contribution in [2.24, 2.45) is 5.92 Å². The van der Waals surface area contributed by atoms with Crippen LogP contribution in [0.1, 0.15) is 30.7 Å². The van der Waals surface area contributed by atoms with Gasteiger partial charge in [-0.1, -0.05) is 24.6 Å². The summed E-state index contributed by atoms with van der Waals surface area (Å²) in [4.78, 5) is 15.6. The van der Waals surface area contributed by atoms with Gasteiger partial charge in [0.1, 0.15) is 0 Å². The van der Waals surface area contributed by atoms with Gasteiger partial charge in [0.05, 0.1) is 11.4 Å². The Labute approximate surface area is 105 Å². The van der Waals surface area contributed by atoms with E-state index >= 15 is 0 Å². The molecule has 0 bridgehead atoms. The minimum absolute atomic E-state index is 0.147. The summed E-state index contributed by atoms with van der Waals surface area (Å²) < 4.78 is 0. The molecule has 0 spiro atoms. The van der Waals surface area contributed by atoms with Crippen LogP contribution in [0.3, 0.4) is 0 Å². The van der Waals surface area contributed by atoms with E-state index in [1.165, 1.54) is 0 Å². The van der Waals surface area contributed by atoms with Crippen LogP contribution < -0.4 is 0 Å². The Hall–Kier alpha value is -1.90. The molecule has 3 nitrogen and oxygen atoms in total. The van der Waals surface area contributed by atoms with Gasteiger partial charge in [-0.15, -0.1) is 0 Å². The molecule has 92 valence electrons. The van der Waals surface area contributed by atoms with E-state index in [0.717, 1.165) is 35.7 Å². The van der Waals surface area contributed by atoms with Gasteiger partial charge >= 0.3 is 5.97 Å². The van der Waals surface area contributed by atoms with Gasteiger partial charge in [-0.25, -0.2) is 0 Å². The van der Waals surface area contributed by atoms with Gasteiger partial charge < -0.3 is 5.11 Å². The number of nitrogens with zero attached hydrogens (tertiary/aromatic N) is 1. The maximum Gasteiger partial charge on any atom is 0.307 e. The van der Waals surface area contributed by atoms with Gasteiger partial charge in [-0.3, -0.25) is 9.78 Å². The predicted molar refractivity (Wildman–Crippen MR) is 69.5 cm³/mol. The summed E-state index contributed by atoms with van der Waals surface area (Å²) in [5, 5.41) is 10.3. The maximum absolute atomic E-state index is 11.2. The second kappa shape index (κ2) is 4.41. The zero-order chi connectivity index (χ0) is 12.5. The summed E-state index contributed by atoms with van der Waals surface area (Å²) in [5.74, 6) is -0.751. The SMILES string of the molecule is O=C(O)[C@@H]1CCC[C@H]1c1ccc2cccnc2c1. The first kappa shape index (κ1) is 11.2. The molecule has 0 aliphatic heterocycles. The van der Waals surface area contributed by atoms with Crippen LogP contribution in [0.5, 0.6) is 0 Å². The van der Waals surface area contributed by atoms with Crippen LogP contribution in [0, 0.1) is 5.92 Å². The minimum Gasteiger partial charge on any atom is -0.481 e. The fourth-order valence-corrected chi connectivity index (χ4v) is 2.97. The molecule has 0 saturated heterocycles. The molecule has 3 rings (SSSR count). The van der Waals surface area contributed by atoms with Crippen LogP contribution >= 0.6 is 0 Å². The second-order valence-corrected chi connectivity index (χ2v) is 4.94. The lowest BCUT2D eigenvalue weighted by atomic mass is 9.88. The van der Waals surface area contributed by atoms with E-state index in [0.29, 0.717) is 0 Å². The van der Waals surface area contributed by atoms with Gasteiger partial charge in [0, 0.05) is 11.6 Å². The van der Waals surface area contributed by atoms with Crippen LogP contribution in [0.4, 0.5) is 0 Å². The summed E-state index contributed by atoms with van der Waals surface area (Å²) in [6, 6.07) is 10.1. The summed E-state index contributed by atoms with van der Waals surface area (Å²) in [7, 11) is 0. The van der Waals surface area contributed by atoms with Crippen LogP contribution in [0.2, 0.25) is 0 Å². The highest BCUT2D eigenvalue weighted by atomic mass is 16.4. The third-order valence-electron chi connectivity index (χ3n) is 3.89. The Morgan fingerprint density at radius 1 is 1.28 bits per heavy atom. The van der Waals surface area contributed by atoms with E-state index in [2.05, 4.69) is 11.1 Å². The van der Waals surface area contributed by atoms with Crippen molar-refractivity contribution in [3.63, 3.8) is 0 Å². The molecule has 1 aliphatic carbocycles. The van der Waals surface area contributed by atoms with Crippen molar-refractivity contribution in [2.45, 2.75) is 25.2 Å². The Kier molecular flexibility index (Phi) is 2.74. The number of carbonyl (C=O) groups is 1. The number of pyridine rings is 1. The average molecular weight is 241 g/mol.